The van der Waals surface area contributed by atoms with Gasteiger partial charge in [-0.3, -0.25) is 9.59 Å². The molecule has 0 saturated carbocycles. The molecule has 2 aromatic carbocycles. The van der Waals surface area contributed by atoms with E-state index in [0.717, 1.165) is 40.8 Å². The van der Waals surface area contributed by atoms with Gasteiger partial charge in [0.15, 0.2) is 0 Å². The van der Waals surface area contributed by atoms with Gasteiger partial charge in [0.25, 0.3) is 5.91 Å². The van der Waals surface area contributed by atoms with E-state index in [-0.39, 0.29) is 10.6 Å². The van der Waals surface area contributed by atoms with E-state index in [4.69, 9.17) is 11.6 Å². The number of amides is 1. The fraction of sp³-hybridized carbons (Fsp3) is 0.308. The van der Waals surface area contributed by atoms with Crippen molar-refractivity contribution in [2.75, 3.05) is 5.32 Å². The molecule has 0 saturated heterocycles. The van der Waals surface area contributed by atoms with Gasteiger partial charge < -0.3 is 9.88 Å². The van der Waals surface area contributed by atoms with Gasteiger partial charge in [0.05, 0.1) is 0 Å². The van der Waals surface area contributed by atoms with Gasteiger partial charge in [-0.25, -0.2) is 0 Å². The number of hydrogen-bond donors (Lipinski definition) is 1. The Morgan fingerprint density at radius 2 is 1.58 bits per heavy atom. The van der Waals surface area contributed by atoms with Crippen LogP contribution in [0.2, 0.25) is 5.02 Å². The zero-order valence-corrected chi connectivity index (χ0v) is 19.6. The fourth-order valence-corrected chi connectivity index (χ4v) is 4.22. The number of rotatable bonds is 6. The first-order valence-electron chi connectivity index (χ1n) is 10.7. The van der Waals surface area contributed by atoms with Crippen LogP contribution in [0.1, 0.15) is 57.8 Å². The monoisotopic (exact) mass is 436 g/mol. The van der Waals surface area contributed by atoms with Crippen LogP contribution in [0.3, 0.4) is 0 Å². The number of anilines is 1. The first-order chi connectivity index (χ1) is 14.8. The van der Waals surface area contributed by atoms with Crippen molar-refractivity contribution in [1.29, 1.82) is 0 Å². The average molecular weight is 437 g/mol. The molecule has 0 radical (unpaired) electrons. The minimum absolute atomic E-state index is 0.0860. The van der Waals surface area contributed by atoms with Gasteiger partial charge in [0.1, 0.15) is 10.6 Å². The van der Waals surface area contributed by atoms with Crippen molar-refractivity contribution in [1.82, 2.24) is 4.57 Å². The largest absolute Gasteiger partial charge is 0.342 e. The lowest BCUT2D eigenvalue weighted by molar-refractivity contribution is 0.102. The van der Waals surface area contributed by atoms with Gasteiger partial charge in [-0.05, 0) is 50.3 Å². The molecular weight excluding hydrogens is 408 g/mol. The minimum Gasteiger partial charge on any atom is -0.342 e. The zero-order chi connectivity index (χ0) is 22.7. The Hall–Kier alpha value is -2.85. The van der Waals surface area contributed by atoms with Crippen LogP contribution in [0.25, 0.3) is 0 Å². The predicted molar refractivity (Wildman–Crippen MR) is 129 cm³/mol. The van der Waals surface area contributed by atoms with Gasteiger partial charge in [-0.1, -0.05) is 73.5 Å². The number of pyridine rings is 1. The quantitative estimate of drug-likeness (QED) is 0.526. The number of benzene rings is 2. The highest BCUT2D eigenvalue weighted by Crippen LogP contribution is 2.24. The number of carbonyl (C=O) groups excluding carboxylic acids is 1. The van der Waals surface area contributed by atoms with Gasteiger partial charge >= 0.3 is 0 Å². The van der Waals surface area contributed by atoms with Crippen molar-refractivity contribution in [3.8, 4) is 0 Å². The number of nitrogens with one attached hydrogen (secondary N) is 1. The average Bonchev–Trinajstić information content (AvgIpc) is 2.75. The maximum absolute atomic E-state index is 13.3. The predicted octanol–water partition coefficient (Wildman–Crippen LogP) is 5.85. The number of halogens is 1. The summed E-state index contributed by atoms with van der Waals surface area (Å²) in [4.78, 5) is 26.3. The summed E-state index contributed by atoms with van der Waals surface area (Å²) < 4.78 is 1.94. The summed E-state index contributed by atoms with van der Waals surface area (Å²) in [6.45, 7) is 10.3. The molecule has 31 heavy (non-hydrogen) atoms. The molecule has 3 aromatic rings. The zero-order valence-electron chi connectivity index (χ0n) is 18.8. The van der Waals surface area contributed by atoms with Crippen LogP contribution in [-0.4, -0.2) is 10.5 Å². The Labute approximate surface area is 188 Å². The molecule has 0 aliphatic rings. The van der Waals surface area contributed by atoms with Crippen molar-refractivity contribution < 1.29 is 4.79 Å². The molecule has 0 bridgehead atoms. The van der Waals surface area contributed by atoms with Crippen LogP contribution in [0.5, 0.6) is 0 Å². The van der Waals surface area contributed by atoms with Crippen molar-refractivity contribution in [3.63, 3.8) is 0 Å². The maximum Gasteiger partial charge on any atom is 0.261 e. The number of para-hydroxylation sites is 1. The van der Waals surface area contributed by atoms with E-state index in [1.54, 1.807) is 0 Å². The van der Waals surface area contributed by atoms with Crippen molar-refractivity contribution in [3.05, 3.63) is 96.9 Å². The lowest BCUT2D eigenvalue weighted by atomic mass is 10.0. The summed E-state index contributed by atoms with van der Waals surface area (Å²) in [6, 6.07) is 14.2. The Bertz CT molecular complexity index is 1170. The van der Waals surface area contributed by atoms with Crippen LogP contribution < -0.4 is 10.7 Å². The highest BCUT2D eigenvalue weighted by Gasteiger charge is 2.23. The molecule has 0 spiro atoms. The molecule has 1 aromatic heterocycles. The number of carbonyl (C=O) groups is 1. The molecule has 1 amide bonds. The lowest BCUT2D eigenvalue weighted by Crippen LogP contribution is -2.29. The number of nitrogens with zero attached hydrogens (tertiary/aromatic N) is 1. The molecule has 4 nitrogen and oxygen atoms in total. The van der Waals surface area contributed by atoms with Crippen LogP contribution in [-0.2, 0) is 19.4 Å². The molecule has 0 atom stereocenters. The third-order valence-corrected chi connectivity index (χ3v) is 6.25. The van der Waals surface area contributed by atoms with Crippen molar-refractivity contribution >= 4 is 23.2 Å². The summed E-state index contributed by atoms with van der Waals surface area (Å²) in [7, 11) is 0. The molecule has 0 aliphatic heterocycles. The molecule has 1 N–H and O–H groups in total. The van der Waals surface area contributed by atoms with Crippen LogP contribution >= 0.6 is 11.6 Å². The first kappa shape index (κ1) is 22.8. The molecule has 0 fully saturated rings. The van der Waals surface area contributed by atoms with Gasteiger partial charge in [-0.2, -0.15) is 0 Å². The summed E-state index contributed by atoms with van der Waals surface area (Å²) in [5.74, 6) is -0.419. The van der Waals surface area contributed by atoms with Crippen LogP contribution in [0, 0.1) is 20.8 Å². The number of aromatic nitrogens is 1. The van der Waals surface area contributed by atoms with Gasteiger partial charge in [0, 0.05) is 23.6 Å². The van der Waals surface area contributed by atoms with Crippen molar-refractivity contribution in [2.45, 2.75) is 54.0 Å². The number of hydrogen-bond acceptors (Lipinski definition) is 2. The maximum atomic E-state index is 13.3. The van der Waals surface area contributed by atoms with E-state index < -0.39 is 11.3 Å². The molecule has 162 valence electrons. The van der Waals surface area contributed by atoms with Gasteiger partial charge in [0.2, 0.25) is 5.43 Å². The van der Waals surface area contributed by atoms with E-state index in [1.807, 2.05) is 75.6 Å². The Kier molecular flexibility index (Phi) is 7.01. The Balaban J connectivity index is 2.09. The van der Waals surface area contributed by atoms with E-state index >= 15 is 0 Å². The van der Waals surface area contributed by atoms with E-state index in [1.165, 1.54) is 0 Å². The smallest absolute Gasteiger partial charge is 0.261 e. The first-order valence-corrected chi connectivity index (χ1v) is 11.0. The second-order valence-corrected chi connectivity index (χ2v) is 8.25. The van der Waals surface area contributed by atoms with E-state index in [0.29, 0.717) is 17.9 Å². The number of aryl methyl sites for hydroxylation is 3. The van der Waals surface area contributed by atoms with Gasteiger partial charge in [-0.15, -0.1) is 0 Å². The highest BCUT2D eigenvalue weighted by atomic mass is 35.5. The van der Waals surface area contributed by atoms with Crippen molar-refractivity contribution in [2.24, 2.45) is 0 Å². The molecule has 5 heteroatoms. The Morgan fingerprint density at radius 3 is 2.16 bits per heavy atom. The third-order valence-electron chi connectivity index (χ3n) is 5.80. The fourth-order valence-electron chi connectivity index (χ4n) is 4.02. The normalized spacial score (nSPS) is 10.9. The second-order valence-electron chi connectivity index (χ2n) is 7.88. The Morgan fingerprint density at radius 1 is 0.968 bits per heavy atom. The van der Waals surface area contributed by atoms with Crippen LogP contribution in [0.4, 0.5) is 5.69 Å². The molecule has 0 unspecified atom stereocenters. The SMILES string of the molecule is CCc1cccc(CC)c1NC(=O)c1c(C)n(Cc2cccc(C)c2)c(C)c(Cl)c1=O. The minimum atomic E-state index is -0.429. The molecular formula is C26H29ClN2O2. The lowest BCUT2D eigenvalue weighted by Gasteiger charge is -2.20. The summed E-state index contributed by atoms with van der Waals surface area (Å²) in [5, 5.41) is 3.10. The second kappa shape index (κ2) is 9.52. The molecule has 3 rings (SSSR count). The van der Waals surface area contributed by atoms with E-state index in [2.05, 4.69) is 11.4 Å². The third kappa shape index (κ3) is 4.59. The molecule has 0 aliphatic carbocycles. The highest BCUT2D eigenvalue weighted by molar-refractivity contribution is 6.31. The van der Waals surface area contributed by atoms with Crippen LogP contribution in [0.15, 0.2) is 47.3 Å². The summed E-state index contributed by atoms with van der Waals surface area (Å²) >= 11 is 6.41. The van der Waals surface area contributed by atoms with E-state index in [9.17, 15) is 9.59 Å². The molecule has 1 heterocycles. The summed E-state index contributed by atoms with van der Waals surface area (Å²) in [6.07, 6.45) is 1.57. The standard InChI is InChI=1S/C26H29ClN2O2/c1-6-20-12-9-13-21(7-2)24(20)28-26(31)22-17(4)29(18(5)23(27)25(22)30)15-19-11-8-10-16(3)14-19/h8-14H,6-7,15H2,1-5H3,(H,28,31). The topological polar surface area (TPSA) is 51.1 Å². The summed E-state index contributed by atoms with van der Waals surface area (Å²) in [5.41, 5.74) is 6.05.